The fourth-order valence-electron chi connectivity index (χ4n) is 4.83. The predicted octanol–water partition coefficient (Wildman–Crippen LogP) is 3.76. The van der Waals surface area contributed by atoms with E-state index in [0.29, 0.717) is 0 Å². The van der Waals surface area contributed by atoms with Gasteiger partial charge in [-0.1, -0.05) is 55.0 Å². The second kappa shape index (κ2) is 9.25. The van der Waals surface area contributed by atoms with Crippen molar-refractivity contribution in [2.75, 3.05) is 11.9 Å². The molecular weight excluding hydrogens is 448 g/mol. The van der Waals surface area contributed by atoms with E-state index in [2.05, 4.69) is 27.9 Å². The average Bonchev–Trinajstić information content (AvgIpc) is 3.34. The van der Waals surface area contributed by atoms with E-state index in [9.17, 15) is 14.4 Å². The quantitative estimate of drug-likeness (QED) is 0.479. The van der Waals surface area contributed by atoms with Gasteiger partial charge in [0.25, 0.3) is 0 Å². The number of aromatic nitrogens is 2. The number of alkyl carbamates (subject to hydrolysis) is 1. The normalized spacial score (nSPS) is 15.5. The molecule has 180 valence electrons. The van der Waals surface area contributed by atoms with E-state index >= 15 is 0 Å². The lowest BCUT2D eigenvalue weighted by molar-refractivity contribution is -0.120. The van der Waals surface area contributed by atoms with Crippen molar-refractivity contribution in [2.24, 2.45) is 13.0 Å². The molecule has 1 atom stereocenters. The van der Waals surface area contributed by atoms with Gasteiger partial charge in [0.15, 0.2) is 5.69 Å². The van der Waals surface area contributed by atoms with E-state index in [1.54, 1.807) is 7.05 Å². The Balaban J connectivity index is 1.26. The van der Waals surface area contributed by atoms with Crippen molar-refractivity contribution >= 4 is 23.8 Å². The molecule has 0 saturated heterocycles. The molecule has 35 heavy (non-hydrogen) atoms. The van der Waals surface area contributed by atoms with Crippen molar-refractivity contribution in [3.63, 3.8) is 0 Å². The van der Waals surface area contributed by atoms with Gasteiger partial charge in [0, 0.05) is 19.0 Å². The van der Waals surface area contributed by atoms with Crippen molar-refractivity contribution in [2.45, 2.75) is 31.2 Å². The summed E-state index contributed by atoms with van der Waals surface area (Å²) in [7, 11) is 1.54. The van der Waals surface area contributed by atoms with Crippen LogP contribution in [-0.4, -0.2) is 45.5 Å². The molecule has 2 aliphatic rings. The van der Waals surface area contributed by atoms with E-state index in [-0.39, 0.29) is 30.0 Å². The van der Waals surface area contributed by atoms with Gasteiger partial charge in [0.05, 0.1) is 0 Å². The minimum Gasteiger partial charge on any atom is -0.476 e. The summed E-state index contributed by atoms with van der Waals surface area (Å²) >= 11 is 0. The van der Waals surface area contributed by atoms with Crippen LogP contribution in [0, 0.1) is 5.92 Å². The van der Waals surface area contributed by atoms with Gasteiger partial charge in [-0.2, -0.15) is 5.10 Å². The Labute approximate surface area is 202 Å². The zero-order valence-electron chi connectivity index (χ0n) is 19.2. The number of hydrogen-bond donors (Lipinski definition) is 3. The standard InChI is InChI=1S/C26H26N4O5/c1-30-22(13-21(29-30)25(32)33)27-24(31)23(15-7-6-8-15)28-26(34)35-14-20-18-11-4-2-9-16(18)17-10-3-5-12-19(17)20/h2-5,9-13,15,20,23H,6-8,14H2,1H3,(H,27,31)(H,28,34)(H,32,33). The van der Waals surface area contributed by atoms with Crippen LogP contribution in [0.2, 0.25) is 0 Å². The molecule has 3 aromatic rings. The lowest BCUT2D eigenvalue weighted by atomic mass is 9.79. The lowest BCUT2D eigenvalue weighted by Gasteiger charge is -2.33. The van der Waals surface area contributed by atoms with Crippen molar-refractivity contribution in [3.05, 3.63) is 71.4 Å². The van der Waals surface area contributed by atoms with Gasteiger partial charge < -0.3 is 20.5 Å². The highest BCUT2D eigenvalue weighted by molar-refractivity contribution is 5.97. The van der Waals surface area contributed by atoms with Crippen molar-refractivity contribution in [3.8, 4) is 11.1 Å². The zero-order valence-corrected chi connectivity index (χ0v) is 19.2. The molecular formula is C26H26N4O5. The van der Waals surface area contributed by atoms with Gasteiger partial charge >= 0.3 is 12.1 Å². The van der Waals surface area contributed by atoms with Crippen LogP contribution in [0.4, 0.5) is 10.6 Å². The van der Waals surface area contributed by atoms with E-state index in [1.165, 1.54) is 10.7 Å². The number of aryl methyl sites for hydroxylation is 1. The predicted molar refractivity (Wildman–Crippen MR) is 128 cm³/mol. The van der Waals surface area contributed by atoms with Crippen LogP contribution < -0.4 is 10.6 Å². The lowest BCUT2D eigenvalue weighted by Crippen LogP contribution is -2.50. The number of amides is 2. The number of hydrogen-bond acceptors (Lipinski definition) is 5. The van der Waals surface area contributed by atoms with Gasteiger partial charge in [-0.15, -0.1) is 0 Å². The fraction of sp³-hybridized carbons (Fsp3) is 0.308. The van der Waals surface area contributed by atoms with Gasteiger partial charge in [0.2, 0.25) is 5.91 Å². The molecule has 9 nitrogen and oxygen atoms in total. The first-order valence-corrected chi connectivity index (χ1v) is 11.6. The average molecular weight is 475 g/mol. The SMILES string of the molecule is Cn1nc(C(=O)O)cc1NC(=O)C(NC(=O)OCC1c2ccccc2-c2ccccc21)C1CCC1. The molecule has 0 bridgehead atoms. The van der Waals surface area contributed by atoms with Gasteiger partial charge in [-0.05, 0) is 41.0 Å². The summed E-state index contributed by atoms with van der Waals surface area (Å²) in [4.78, 5) is 37.0. The Hall–Kier alpha value is -4.14. The summed E-state index contributed by atoms with van der Waals surface area (Å²) < 4.78 is 6.91. The van der Waals surface area contributed by atoms with Crippen LogP contribution in [0.5, 0.6) is 0 Å². The number of carboxylic acids is 1. The third-order valence-electron chi connectivity index (χ3n) is 6.87. The highest BCUT2D eigenvalue weighted by atomic mass is 16.5. The Morgan fingerprint density at radius 2 is 1.71 bits per heavy atom. The topological polar surface area (TPSA) is 123 Å². The second-order valence-electron chi connectivity index (χ2n) is 8.97. The van der Waals surface area contributed by atoms with Crippen LogP contribution in [0.15, 0.2) is 54.6 Å². The summed E-state index contributed by atoms with van der Waals surface area (Å²) in [6.45, 7) is 0.155. The number of benzene rings is 2. The van der Waals surface area contributed by atoms with E-state index < -0.39 is 24.0 Å². The van der Waals surface area contributed by atoms with Crippen molar-refractivity contribution in [1.82, 2.24) is 15.1 Å². The highest BCUT2D eigenvalue weighted by Crippen LogP contribution is 2.44. The minimum atomic E-state index is -1.19. The summed E-state index contributed by atoms with van der Waals surface area (Å²) in [5, 5.41) is 18.4. The molecule has 0 spiro atoms. The van der Waals surface area contributed by atoms with Crippen molar-refractivity contribution in [1.29, 1.82) is 0 Å². The first-order chi connectivity index (χ1) is 16.9. The van der Waals surface area contributed by atoms with Crippen LogP contribution in [0.25, 0.3) is 11.1 Å². The first-order valence-electron chi connectivity index (χ1n) is 11.6. The summed E-state index contributed by atoms with van der Waals surface area (Å²) in [6.07, 6.45) is 1.95. The van der Waals surface area contributed by atoms with E-state index in [4.69, 9.17) is 9.84 Å². The minimum absolute atomic E-state index is 0.0114. The maximum Gasteiger partial charge on any atom is 0.407 e. The third-order valence-corrected chi connectivity index (χ3v) is 6.87. The third kappa shape index (κ3) is 4.37. The van der Waals surface area contributed by atoms with Crippen LogP contribution in [-0.2, 0) is 16.6 Å². The summed E-state index contributed by atoms with van der Waals surface area (Å²) in [6, 6.07) is 16.7. The van der Waals surface area contributed by atoms with E-state index in [0.717, 1.165) is 41.5 Å². The maximum absolute atomic E-state index is 13.0. The zero-order chi connectivity index (χ0) is 24.5. The monoisotopic (exact) mass is 474 g/mol. The molecule has 0 aliphatic heterocycles. The fourth-order valence-corrected chi connectivity index (χ4v) is 4.83. The largest absolute Gasteiger partial charge is 0.476 e. The van der Waals surface area contributed by atoms with Crippen LogP contribution in [0.3, 0.4) is 0 Å². The Morgan fingerprint density at radius 3 is 2.26 bits per heavy atom. The molecule has 2 aliphatic carbocycles. The molecule has 1 fully saturated rings. The molecule has 1 unspecified atom stereocenters. The summed E-state index contributed by atoms with van der Waals surface area (Å²) in [5.41, 5.74) is 4.33. The Bertz CT molecular complexity index is 1250. The molecule has 1 saturated carbocycles. The molecule has 9 heteroatoms. The number of anilines is 1. The Morgan fingerprint density at radius 1 is 1.09 bits per heavy atom. The molecule has 0 radical (unpaired) electrons. The van der Waals surface area contributed by atoms with Crippen LogP contribution in [0.1, 0.15) is 46.8 Å². The highest BCUT2D eigenvalue weighted by Gasteiger charge is 2.35. The van der Waals surface area contributed by atoms with Gasteiger partial charge in [-0.25, -0.2) is 9.59 Å². The van der Waals surface area contributed by atoms with Gasteiger partial charge in [0.1, 0.15) is 18.5 Å². The maximum atomic E-state index is 13.0. The van der Waals surface area contributed by atoms with E-state index in [1.807, 2.05) is 36.4 Å². The molecule has 5 rings (SSSR count). The second-order valence-corrected chi connectivity index (χ2v) is 8.97. The molecule has 3 N–H and O–H groups in total. The molecule has 1 heterocycles. The number of carbonyl (C=O) groups excluding carboxylic acids is 2. The number of carboxylic acid groups (broad SMARTS) is 1. The molecule has 2 aromatic carbocycles. The number of aromatic carboxylic acids is 1. The number of ether oxygens (including phenoxy) is 1. The number of carbonyl (C=O) groups is 3. The number of nitrogens with one attached hydrogen (secondary N) is 2. The number of fused-ring (bicyclic) bond motifs is 3. The molecule has 2 amide bonds. The smallest absolute Gasteiger partial charge is 0.407 e. The first kappa shape index (κ1) is 22.6. The summed E-state index contributed by atoms with van der Waals surface area (Å²) in [5.74, 6) is -1.46. The number of rotatable bonds is 7. The van der Waals surface area contributed by atoms with Crippen molar-refractivity contribution < 1.29 is 24.2 Å². The van der Waals surface area contributed by atoms with Gasteiger partial charge in [-0.3, -0.25) is 9.48 Å². The molecule has 1 aromatic heterocycles. The Kier molecular flexibility index (Phi) is 5.98. The van der Waals surface area contributed by atoms with Crippen LogP contribution >= 0.6 is 0 Å². The number of nitrogens with zero attached hydrogens (tertiary/aromatic N) is 2.